The van der Waals surface area contributed by atoms with Gasteiger partial charge in [-0.3, -0.25) is 9.78 Å². The lowest BCUT2D eigenvalue weighted by atomic mass is 9.87. The van der Waals surface area contributed by atoms with E-state index in [9.17, 15) is 4.79 Å². The Kier molecular flexibility index (Phi) is 5.27. The van der Waals surface area contributed by atoms with Crippen molar-refractivity contribution in [2.45, 2.75) is 25.7 Å². The van der Waals surface area contributed by atoms with Gasteiger partial charge in [-0.05, 0) is 72.7 Å². The third-order valence-corrected chi connectivity index (χ3v) is 7.07. The number of hydrogen-bond donors (Lipinski definition) is 1. The molecule has 1 aliphatic rings. The van der Waals surface area contributed by atoms with Gasteiger partial charge in [0.1, 0.15) is 9.71 Å². The third-order valence-electron chi connectivity index (χ3n) is 5.97. The van der Waals surface area contributed by atoms with E-state index in [1.54, 1.807) is 44.8 Å². The number of benzene rings is 1. The number of aryl methyl sites for hydroxylation is 1. The lowest BCUT2D eigenvalue weighted by molar-refractivity contribution is 0.104. The quantitative estimate of drug-likeness (QED) is 0.432. The molecule has 0 radical (unpaired) electrons. The van der Waals surface area contributed by atoms with E-state index in [0.717, 1.165) is 52.7 Å². The second-order valence-electron chi connectivity index (χ2n) is 7.78. The maximum atomic E-state index is 13.5. The number of ketones is 1. The largest absolute Gasteiger partial charge is 0.493 e. The molecule has 32 heavy (non-hydrogen) atoms. The maximum Gasteiger partial charge on any atom is 0.205 e. The van der Waals surface area contributed by atoms with Gasteiger partial charge in [-0.2, -0.15) is 0 Å². The molecule has 0 bridgehead atoms. The third kappa shape index (κ3) is 3.29. The predicted octanol–water partition coefficient (Wildman–Crippen LogP) is 5.07. The number of fused-ring (bicyclic) bond motifs is 2. The molecule has 3 heterocycles. The van der Waals surface area contributed by atoms with Gasteiger partial charge in [0.25, 0.3) is 0 Å². The van der Waals surface area contributed by atoms with Crippen LogP contribution in [0.1, 0.15) is 39.3 Å². The summed E-state index contributed by atoms with van der Waals surface area (Å²) in [4.78, 5) is 23.9. The number of methoxy groups -OCH3 is 2. The van der Waals surface area contributed by atoms with E-state index in [1.807, 2.05) is 12.1 Å². The summed E-state index contributed by atoms with van der Waals surface area (Å²) in [5, 5.41) is 0.866. The lowest BCUT2D eigenvalue weighted by Crippen LogP contribution is -2.08. The number of hydrogen-bond acceptors (Lipinski definition) is 7. The molecule has 7 heteroatoms. The first-order chi connectivity index (χ1) is 15.6. The number of rotatable bonds is 5. The van der Waals surface area contributed by atoms with Crippen molar-refractivity contribution in [1.29, 1.82) is 0 Å². The van der Waals surface area contributed by atoms with Crippen LogP contribution in [0.15, 0.2) is 42.7 Å². The molecule has 6 nitrogen and oxygen atoms in total. The molecule has 0 spiro atoms. The van der Waals surface area contributed by atoms with Crippen LogP contribution in [-0.4, -0.2) is 30.0 Å². The summed E-state index contributed by atoms with van der Waals surface area (Å²) in [6.07, 6.45) is 7.73. The first-order valence-corrected chi connectivity index (χ1v) is 11.3. The number of nitrogens with two attached hydrogens (primary N) is 1. The normalized spacial score (nSPS) is 13.1. The van der Waals surface area contributed by atoms with Gasteiger partial charge < -0.3 is 15.2 Å². The first-order valence-electron chi connectivity index (χ1n) is 10.5. The fourth-order valence-electron chi connectivity index (χ4n) is 4.42. The number of thiophene rings is 1. The molecule has 1 aromatic carbocycles. The topological polar surface area (TPSA) is 87.3 Å². The molecule has 3 aromatic heterocycles. The minimum absolute atomic E-state index is 0.148. The van der Waals surface area contributed by atoms with E-state index < -0.39 is 0 Å². The van der Waals surface area contributed by atoms with Crippen LogP contribution in [-0.2, 0) is 12.8 Å². The van der Waals surface area contributed by atoms with Gasteiger partial charge in [0.05, 0.1) is 19.9 Å². The van der Waals surface area contributed by atoms with Gasteiger partial charge in [-0.25, -0.2) is 4.98 Å². The van der Waals surface area contributed by atoms with Crippen molar-refractivity contribution in [3.05, 3.63) is 64.4 Å². The van der Waals surface area contributed by atoms with Crippen molar-refractivity contribution in [2.75, 3.05) is 20.0 Å². The molecule has 5 rings (SSSR count). The minimum atomic E-state index is -0.148. The molecule has 0 saturated carbocycles. The van der Waals surface area contributed by atoms with Crippen molar-refractivity contribution in [1.82, 2.24) is 9.97 Å². The van der Waals surface area contributed by atoms with Crippen LogP contribution in [0.4, 0.5) is 5.69 Å². The Labute approximate surface area is 190 Å². The summed E-state index contributed by atoms with van der Waals surface area (Å²) in [7, 11) is 3.12. The van der Waals surface area contributed by atoms with E-state index in [0.29, 0.717) is 27.6 Å². The lowest BCUT2D eigenvalue weighted by Gasteiger charge is -2.20. The standard InChI is InChI=1S/C25H23N3O3S/c1-30-18-8-7-15(13-19(18)31-2)23(29)24-22(26)21-20(14-9-11-27-12-10-14)16-5-3-4-6-17(16)28-25(21)32-24/h7-13H,3-6,26H2,1-2H3. The number of nitrogen functional groups attached to an aromatic ring is 1. The Bertz CT molecular complexity index is 1330. The Morgan fingerprint density at radius 3 is 2.53 bits per heavy atom. The molecular weight excluding hydrogens is 422 g/mol. The highest BCUT2D eigenvalue weighted by atomic mass is 32.1. The molecule has 162 valence electrons. The number of aromatic nitrogens is 2. The monoisotopic (exact) mass is 445 g/mol. The highest BCUT2D eigenvalue weighted by Gasteiger charge is 2.26. The van der Waals surface area contributed by atoms with Crippen molar-refractivity contribution in [3.8, 4) is 22.6 Å². The van der Waals surface area contributed by atoms with Crippen LogP contribution in [0.3, 0.4) is 0 Å². The number of pyridine rings is 2. The van der Waals surface area contributed by atoms with E-state index in [2.05, 4.69) is 4.98 Å². The summed E-state index contributed by atoms with van der Waals surface area (Å²) < 4.78 is 10.7. The van der Waals surface area contributed by atoms with Crippen LogP contribution in [0.5, 0.6) is 11.5 Å². The summed E-state index contributed by atoms with van der Waals surface area (Å²) in [5.74, 6) is 0.928. The van der Waals surface area contributed by atoms with Gasteiger partial charge in [0.15, 0.2) is 11.5 Å². The number of anilines is 1. The number of carbonyl (C=O) groups excluding carboxylic acids is 1. The van der Waals surface area contributed by atoms with Crippen molar-refractivity contribution in [2.24, 2.45) is 0 Å². The summed E-state index contributed by atoms with van der Waals surface area (Å²) in [5.41, 5.74) is 12.1. The van der Waals surface area contributed by atoms with E-state index >= 15 is 0 Å². The fourth-order valence-corrected chi connectivity index (χ4v) is 5.51. The van der Waals surface area contributed by atoms with E-state index in [1.165, 1.54) is 16.9 Å². The molecule has 2 N–H and O–H groups in total. The van der Waals surface area contributed by atoms with Crippen molar-refractivity contribution < 1.29 is 14.3 Å². The van der Waals surface area contributed by atoms with Crippen LogP contribution in [0.2, 0.25) is 0 Å². The maximum absolute atomic E-state index is 13.5. The van der Waals surface area contributed by atoms with Gasteiger partial charge in [-0.1, -0.05) is 0 Å². The number of ether oxygens (including phenoxy) is 2. The van der Waals surface area contributed by atoms with Gasteiger partial charge in [0, 0.05) is 29.0 Å². The Morgan fingerprint density at radius 1 is 1.03 bits per heavy atom. The Hall–Kier alpha value is -3.45. The average molecular weight is 446 g/mol. The first kappa shape index (κ1) is 20.5. The smallest absolute Gasteiger partial charge is 0.205 e. The highest BCUT2D eigenvalue weighted by Crippen LogP contribution is 2.44. The van der Waals surface area contributed by atoms with Crippen LogP contribution < -0.4 is 15.2 Å². The molecule has 1 aliphatic carbocycles. The summed E-state index contributed by atoms with van der Waals surface area (Å²) >= 11 is 1.36. The minimum Gasteiger partial charge on any atom is -0.493 e. The molecule has 0 saturated heterocycles. The number of carbonyl (C=O) groups is 1. The molecule has 0 fully saturated rings. The predicted molar refractivity (Wildman–Crippen MR) is 127 cm³/mol. The molecule has 0 unspecified atom stereocenters. The van der Waals surface area contributed by atoms with Crippen LogP contribution in [0, 0.1) is 0 Å². The zero-order valence-electron chi connectivity index (χ0n) is 18.0. The van der Waals surface area contributed by atoms with Gasteiger partial charge in [-0.15, -0.1) is 11.3 Å². The van der Waals surface area contributed by atoms with Crippen LogP contribution in [0.25, 0.3) is 21.3 Å². The molecular formula is C25H23N3O3S. The SMILES string of the molecule is COc1ccc(C(=O)c2sc3nc4c(c(-c5ccncc5)c3c2N)CCCC4)cc1OC. The average Bonchev–Trinajstić information content (AvgIpc) is 3.17. The summed E-state index contributed by atoms with van der Waals surface area (Å²) in [6.45, 7) is 0. The molecule has 0 amide bonds. The zero-order chi connectivity index (χ0) is 22.2. The summed E-state index contributed by atoms with van der Waals surface area (Å²) in [6, 6.07) is 9.14. The number of nitrogens with zero attached hydrogens (tertiary/aromatic N) is 2. The Balaban J connectivity index is 1.71. The zero-order valence-corrected chi connectivity index (χ0v) is 18.8. The second kappa shape index (κ2) is 8.24. The highest BCUT2D eigenvalue weighted by molar-refractivity contribution is 7.21. The Morgan fingerprint density at radius 2 is 1.78 bits per heavy atom. The van der Waals surface area contributed by atoms with Crippen molar-refractivity contribution >= 4 is 33.0 Å². The van der Waals surface area contributed by atoms with Gasteiger partial charge in [0.2, 0.25) is 5.78 Å². The van der Waals surface area contributed by atoms with Gasteiger partial charge >= 0.3 is 0 Å². The van der Waals surface area contributed by atoms with Crippen molar-refractivity contribution in [3.63, 3.8) is 0 Å². The van der Waals surface area contributed by atoms with Crippen LogP contribution >= 0.6 is 11.3 Å². The second-order valence-corrected chi connectivity index (χ2v) is 8.78. The molecule has 0 atom stereocenters. The van der Waals surface area contributed by atoms with E-state index in [-0.39, 0.29) is 5.78 Å². The van der Waals surface area contributed by atoms with E-state index in [4.69, 9.17) is 20.2 Å². The molecule has 0 aliphatic heterocycles. The molecule has 4 aromatic rings. The fraction of sp³-hybridized carbons (Fsp3) is 0.240.